The van der Waals surface area contributed by atoms with Crippen LogP contribution in [0.25, 0.3) is 0 Å². The molecule has 304 valence electrons. The van der Waals surface area contributed by atoms with Crippen molar-refractivity contribution < 1.29 is 28.7 Å². The van der Waals surface area contributed by atoms with Gasteiger partial charge in [0, 0.05) is 42.2 Å². The molecule has 11 heteroatoms. The van der Waals surface area contributed by atoms with Crippen LogP contribution in [0.4, 0.5) is 26.7 Å². The van der Waals surface area contributed by atoms with Crippen molar-refractivity contribution in [2.45, 2.75) is 129 Å². The van der Waals surface area contributed by atoms with Gasteiger partial charge in [-0.3, -0.25) is 19.4 Å². The Bertz CT molecular complexity index is 1750. The lowest BCUT2D eigenvalue weighted by Gasteiger charge is -2.31. The maximum absolute atomic E-state index is 13.5. The number of likely N-dealkylation sites (tertiary alicyclic amines) is 2. The van der Waals surface area contributed by atoms with Gasteiger partial charge in [0.15, 0.2) is 0 Å². The molecular weight excluding hydrogens is 719 g/mol. The monoisotopic (exact) mass is 777 g/mol. The minimum absolute atomic E-state index is 0.140. The fraction of sp³-hybridized carbons (Fsp3) is 0.435. The molecule has 2 heterocycles. The van der Waals surface area contributed by atoms with Crippen LogP contribution in [-0.4, -0.2) is 69.2 Å². The molecule has 0 unspecified atom stereocenters. The van der Waals surface area contributed by atoms with Gasteiger partial charge in [-0.1, -0.05) is 54.6 Å². The molecular formula is C46H59N5O6. The summed E-state index contributed by atoms with van der Waals surface area (Å²) >= 11 is 0. The van der Waals surface area contributed by atoms with Crippen molar-refractivity contribution in [3.05, 3.63) is 115 Å². The minimum Gasteiger partial charge on any atom is -0.444 e. The summed E-state index contributed by atoms with van der Waals surface area (Å²) in [6, 6.07) is 24.1. The number of hydrogen-bond donors (Lipinski definition) is 2. The smallest absolute Gasteiger partial charge is 0.411 e. The molecule has 0 bridgehead atoms. The van der Waals surface area contributed by atoms with Gasteiger partial charge in [-0.25, -0.2) is 9.59 Å². The molecule has 4 amide bonds. The molecule has 5 rings (SSSR count). The average molecular weight is 778 g/mol. The van der Waals surface area contributed by atoms with E-state index in [1.54, 1.807) is 22.0 Å². The first-order chi connectivity index (χ1) is 27.0. The van der Waals surface area contributed by atoms with Crippen LogP contribution in [0.15, 0.2) is 104 Å². The second-order valence-electron chi connectivity index (χ2n) is 16.9. The fourth-order valence-electron chi connectivity index (χ4n) is 7.47. The van der Waals surface area contributed by atoms with Crippen LogP contribution >= 0.6 is 0 Å². The Morgan fingerprint density at radius 2 is 1.02 bits per heavy atom. The van der Waals surface area contributed by atoms with E-state index in [9.17, 15) is 19.2 Å². The van der Waals surface area contributed by atoms with Crippen LogP contribution in [0.3, 0.4) is 0 Å². The summed E-state index contributed by atoms with van der Waals surface area (Å²) in [6.07, 6.45) is 6.22. The molecule has 0 aliphatic carbocycles. The first-order valence-electron chi connectivity index (χ1n) is 19.9. The number of ether oxygens (including phenoxy) is 2. The van der Waals surface area contributed by atoms with Crippen molar-refractivity contribution in [3.8, 4) is 0 Å². The highest BCUT2D eigenvalue weighted by molar-refractivity contribution is 5.97. The second kappa shape index (κ2) is 18.6. The Kier molecular flexibility index (Phi) is 13.9. The van der Waals surface area contributed by atoms with Gasteiger partial charge in [0.05, 0.1) is 0 Å². The van der Waals surface area contributed by atoms with E-state index >= 15 is 0 Å². The number of amides is 4. The number of nitrogens with zero attached hydrogens (tertiary/aromatic N) is 3. The molecule has 0 spiro atoms. The highest BCUT2D eigenvalue weighted by Crippen LogP contribution is 2.32. The number of nitrogens with one attached hydrogen (secondary N) is 2. The van der Waals surface area contributed by atoms with Gasteiger partial charge >= 0.3 is 12.2 Å². The van der Waals surface area contributed by atoms with E-state index in [4.69, 9.17) is 9.47 Å². The zero-order chi connectivity index (χ0) is 41.3. The first-order valence-corrected chi connectivity index (χ1v) is 19.9. The summed E-state index contributed by atoms with van der Waals surface area (Å²) < 4.78 is 11.3. The van der Waals surface area contributed by atoms with Gasteiger partial charge in [0.25, 0.3) is 0 Å². The highest BCUT2D eigenvalue weighted by atomic mass is 16.6. The SMILES string of the molecule is C=CC[C@H]1CC[C@@H](C(=O)Nc2ccc(CN(Cc3ccc(NC(=O)[C@@H]4CC[C@H](CC=C)N4C(=O)OC(C)(C)C)cc3)c3ccccc3)cc2)N1C(=O)OC(C)(C)C. The van der Waals surface area contributed by atoms with E-state index in [1.165, 1.54) is 0 Å². The van der Waals surface area contributed by atoms with E-state index < -0.39 is 35.5 Å². The van der Waals surface area contributed by atoms with Crippen LogP contribution in [0, 0.1) is 0 Å². The first kappa shape index (κ1) is 42.6. The zero-order valence-electron chi connectivity index (χ0n) is 34.3. The summed E-state index contributed by atoms with van der Waals surface area (Å²) in [5.74, 6) is -0.488. The Labute approximate surface area is 338 Å². The number of hydrogen-bond acceptors (Lipinski definition) is 7. The van der Waals surface area contributed by atoms with E-state index in [-0.39, 0.29) is 23.9 Å². The number of carbonyl (C=O) groups is 4. The van der Waals surface area contributed by atoms with E-state index in [0.717, 1.165) is 16.8 Å². The predicted octanol–water partition coefficient (Wildman–Crippen LogP) is 9.46. The number of carbonyl (C=O) groups excluding carboxylic acids is 4. The van der Waals surface area contributed by atoms with Crippen molar-refractivity contribution in [1.29, 1.82) is 0 Å². The van der Waals surface area contributed by atoms with Crippen molar-refractivity contribution in [3.63, 3.8) is 0 Å². The third-order valence-corrected chi connectivity index (χ3v) is 10.0. The Hall–Kier alpha value is -5.58. The molecule has 0 radical (unpaired) electrons. The average Bonchev–Trinajstić information content (AvgIpc) is 3.77. The largest absolute Gasteiger partial charge is 0.444 e. The Morgan fingerprint density at radius 1 is 0.632 bits per heavy atom. The number of para-hydroxylation sites is 1. The molecule has 3 aromatic rings. The zero-order valence-corrected chi connectivity index (χ0v) is 34.3. The van der Waals surface area contributed by atoms with E-state index in [1.807, 2.05) is 108 Å². The Balaban J connectivity index is 1.23. The minimum atomic E-state index is -0.677. The molecule has 2 saturated heterocycles. The molecule has 2 aliphatic rings. The summed E-state index contributed by atoms with van der Waals surface area (Å²) in [4.78, 5) is 58.8. The normalized spacial score (nSPS) is 19.4. The maximum Gasteiger partial charge on any atom is 0.411 e. The third-order valence-electron chi connectivity index (χ3n) is 10.0. The van der Waals surface area contributed by atoms with Crippen molar-refractivity contribution >= 4 is 41.1 Å². The maximum atomic E-state index is 13.5. The standard InChI is InChI=1S/C46H59N5O6/c1-9-14-37-26-28-39(50(37)43(54)56-45(3,4)5)41(52)47-34-22-18-32(19-23-34)30-49(36-16-12-11-13-17-36)31-33-20-24-35(25-21-33)48-42(53)40-29-27-38(15-10-2)51(40)44(55)57-46(6,7)8/h9-13,16-25,37-40H,1-2,14-15,26-31H2,3-8H3,(H,47,52)(H,48,53)/t37-,38-,39-,40-/m0/s1. The van der Waals surface area contributed by atoms with Crippen LogP contribution in [-0.2, 0) is 32.2 Å². The van der Waals surface area contributed by atoms with E-state index in [2.05, 4.69) is 40.8 Å². The summed E-state index contributed by atoms with van der Waals surface area (Å²) in [6.45, 7) is 19.8. The van der Waals surface area contributed by atoms with Gasteiger partial charge in [0.1, 0.15) is 23.3 Å². The molecule has 2 fully saturated rings. The second-order valence-corrected chi connectivity index (χ2v) is 16.9. The summed E-state index contributed by atoms with van der Waals surface area (Å²) in [5.41, 5.74) is 3.07. The van der Waals surface area contributed by atoms with Crippen molar-refractivity contribution in [1.82, 2.24) is 9.80 Å². The molecule has 57 heavy (non-hydrogen) atoms. The van der Waals surface area contributed by atoms with Gasteiger partial charge in [-0.2, -0.15) is 0 Å². The molecule has 0 aromatic heterocycles. The van der Waals surface area contributed by atoms with Crippen LogP contribution < -0.4 is 15.5 Å². The van der Waals surface area contributed by atoms with Crippen LogP contribution in [0.2, 0.25) is 0 Å². The van der Waals surface area contributed by atoms with Crippen molar-refractivity contribution in [2.75, 3.05) is 15.5 Å². The van der Waals surface area contributed by atoms with Crippen molar-refractivity contribution in [2.24, 2.45) is 0 Å². The quantitative estimate of drug-likeness (QED) is 0.166. The lowest BCUT2D eigenvalue weighted by molar-refractivity contribution is -0.121. The molecule has 2 aliphatic heterocycles. The summed E-state index contributed by atoms with van der Waals surface area (Å²) in [5, 5.41) is 6.04. The fourth-order valence-corrected chi connectivity index (χ4v) is 7.47. The molecule has 11 nitrogen and oxygen atoms in total. The van der Waals surface area contributed by atoms with Gasteiger partial charge in [0.2, 0.25) is 11.8 Å². The number of benzene rings is 3. The van der Waals surface area contributed by atoms with Gasteiger partial charge in [-0.05, 0) is 128 Å². The Morgan fingerprint density at radius 3 is 1.37 bits per heavy atom. The molecule has 4 atom stereocenters. The van der Waals surface area contributed by atoms with Crippen LogP contribution in [0.1, 0.15) is 91.2 Å². The highest BCUT2D eigenvalue weighted by Gasteiger charge is 2.43. The summed E-state index contributed by atoms with van der Waals surface area (Å²) in [7, 11) is 0. The molecule has 0 saturated carbocycles. The number of anilines is 3. The number of rotatable bonds is 13. The van der Waals surface area contributed by atoms with Gasteiger partial charge in [-0.15, -0.1) is 13.2 Å². The lowest BCUT2D eigenvalue weighted by Crippen LogP contribution is -2.48. The van der Waals surface area contributed by atoms with E-state index in [0.29, 0.717) is 63.0 Å². The van der Waals surface area contributed by atoms with Gasteiger partial charge < -0.3 is 25.0 Å². The molecule has 3 aromatic carbocycles. The predicted molar refractivity (Wildman–Crippen MR) is 226 cm³/mol. The lowest BCUT2D eigenvalue weighted by atomic mass is 10.1. The molecule has 2 N–H and O–H groups in total. The van der Waals surface area contributed by atoms with Crippen LogP contribution in [0.5, 0.6) is 0 Å². The topological polar surface area (TPSA) is 121 Å². The third kappa shape index (κ3) is 11.7.